The van der Waals surface area contributed by atoms with Crippen molar-refractivity contribution in [1.82, 2.24) is 0 Å². The third kappa shape index (κ3) is 7.87. The number of aryl methyl sites for hydroxylation is 1. The molecular weight excluding hydrogens is 580 g/mol. The first kappa shape index (κ1) is 34.5. The molecule has 43 heavy (non-hydrogen) atoms. The van der Waals surface area contributed by atoms with E-state index in [1.807, 2.05) is 30.3 Å². The largest absolute Gasteiger partial charge is 0.394 e. The van der Waals surface area contributed by atoms with E-state index in [1.54, 1.807) is 0 Å². The monoisotopic (exact) mass is 622 g/mol. The minimum absolute atomic E-state index is 0.147. The molecule has 3 aliphatic rings. The van der Waals surface area contributed by atoms with Gasteiger partial charge >= 0.3 is 0 Å². The van der Waals surface area contributed by atoms with Crippen molar-refractivity contribution in [3.05, 3.63) is 35.9 Å². The normalized spacial score (nSPS) is 43.9. The third-order valence-corrected chi connectivity index (χ3v) is 7.81. The van der Waals surface area contributed by atoms with Crippen LogP contribution in [0, 0.1) is 0 Å². The summed E-state index contributed by atoms with van der Waals surface area (Å²) in [6, 6.07) is 9.61. The summed E-state index contributed by atoms with van der Waals surface area (Å²) in [5.41, 5.74) is 1.07. The standard InChI is InChI=1S/C27H42O16/c28-9-13-16(31)19(34)20(35)26(40-13)42-24-18(33)15(11-30)41-27(22(24)37)43-23-17(32)14(10-29)39-25(21(23)36)38-8-4-7-12-5-2-1-3-6-12/h1-3,5-6,13-37H,4,7-11H2/t13-,14-,15-,16-,17-,18-,19+,20-,21-,22-,23+,24+,25-,26+,27+/m1/s1. The molecule has 3 aliphatic heterocycles. The summed E-state index contributed by atoms with van der Waals surface area (Å²) < 4.78 is 33.3. The number of hydrogen-bond donors (Lipinski definition) is 10. The minimum Gasteiger partial charge on any atom is -0.394 e. The molecule has 0 radical (unpaired) electrons. The van der Waals surface area contributed by atoms with Crippen LogP contribution in [0.1, 0.15) is 12.0 Å². The average molecular weight is 623 g/mol. The van der Waals surface area contributed by atoms with Crippen molar-refractivity contribution >= 4 is 0 Å². The Morgan fingerprint density at radius 1 is 0.535 bits per heavy atom. The summed E-state index contributed by atoms with van der Waals surface area (Å²) in [7, 11) is 0. The first-order valence-electron chi connectivity index (χ1n) is 14.1. The van der Waals surface area contributed by atoms with E-state index in [4.69, 9.17) is 28.4 Å². The highest BCUT2D eigenvalue weighted by molar-refractivity contribution is 5.14. The lowest BCUT2D eigenvalue weighted by atomic mass is 9.96. The lowest BCUT2D eigenvalue weighted by Crippen LogP contribution is -2.67. The van der Waals surface area contributed by atoms with Crippen LogP contribution in [0.5, 0.6) is 0 Å². The van der Waals surface area contributed by atoms with Crippen LogP contribution in [0.15, 0.2) is 30.3 Å². The zero-order valence-electron chi connectivity index (χ0n) is 23.2. The van der Waals surface area contributed by atoms with Crippen molar-refractivity contribution in [1.29, 1.82) is 0 Å². The second kappa shape index (κ2) is 15.7. The number of aliphatic hydroxyl groups excluding tert-OH is 10. The molecule has 3 heterocycles. The van der Waals surface area contributed by atoms with Gasteiger partial charge in [0.1, 0.15) is 73.2 Å². The molecule has 0 aromatic heterocycles. The minimum atomic E-state index is -1.90. The van der Waals surface area contributed by atoms with Gasteiger partial charge in [0, 0.05) is 0 Å². The molecular formula is C27H42O16. The van der Waals surface area contributed by atoms with Gasteiger partial charge in [0.15, 0.2) is 18.9 Å². The molecule has 0 amide bonds. The van der Waals surface area contributed by atoms with Crippen molar-refractivity contribution in [2.45, 2.75) is 105 Å². The maximum absolute atomic E-state index is 11.1. The number of aliphatic hydroxyl groups is 10. The number of ether oxygens (including phenoxy) is 6. The molecule has 0 spiro atoms. The van der Waals surface area contributed by atoms with Gasteiger partial charge < -0.3 is 79.5 Å². The first-order valence-corrected chi connectivity index (χ1v) is 14.1. The molecule has 0 saturated carbocycles. The average Bonchev–Trinajstić information content (AvgIpc) is 3.01. The Morgan fingerprint density at radius 3 is 1.53 bits per heavy atom. The van der Waals surface area contributed by atoms with Crippen molar-refractivity contribution in [2.24, 2.45) is 0 Å². The van der Waals surface area contributed by atoms with Gasteiger partial charge in [-0.3, -0.25) is 0 Å². The molecule has 4 rings (SSSR count). The van der Waals surface area contributed by atoms with Gasteiger partial charge in [0.2, 0.25) is 0 Å². The fourth-order valence-corrected chi connectivity index (χ4v) is 5.29. The van der Waals surface area contributed by atoms with E-state index >= 15 is 0 Å². The van der Waals surface area contributed by atoms with Crippen molar-refractivity contribution in [3.8, 4) is 0 Å². The molecule has 1 aromatic rings. The molecule has 1 aromatic carbocycles. The molecule has 246 valence electrons. The van der Waals surface area contributed by atoms with Crippen LogP contribution in [0.4, 0.5) is 0 Å². The fraction of sp³-hybridized carbons (Fsp3) is 0.778. The van der Waals surface area contributed by atoms with Crippen molar-refractivity contribution < 1.29 is 79.5 Å². The predicted molar refractivity (Wildman–Crippen MR) is 140 cm³/mol. The Bertz CT molecular complexity index is 956. The summed E-state index contributed by atoms with van der Waals surface area (Å²) in [6.45, 7) is -2.08. The second-order valence-corrected chi connectivity index (χ2v) is 10.8. The zero-order valence-corrected chi connectivity index (χ0v) is 23.2. The SMILES string of the molecule is OC[C@H]1O[C@@H](O[C@@H]2[C@@H](O)[C@H](O[C@@H]3[C@@H](O)[C@H](OCCCc4ccccc4)O[C@H](CO)[C@H]3O)O[C@H](CO)[C@H]2O)[C@H](O)[C@@H](O)[C@@H]1O. The van der Waals surface area contributed by atoms with Gasteiger partial charge in [-0.1, -0.05) is 30.3 Å². The highest BCUT2D eigenvalue weighted by Crippen LogP contribution is 2.32. The number of rotatable bonds is 12. The molecule has 3 fully saturated rings. The Balaban J connectivity index is 1.44. The lowest BCUT2D eigenvalue weighted by molar-refractivity contribution is -0.381. The van der Waals surface area contributed by atoms with E-state index in [2.05, 4.69) is 0 Å². The van der Waals surface area contributed by atoms with Crippen LogP contribution in [-0.4, -0.2) is 170 Å². The molecule has 0 bridgehead atoms. The molecule has 15 atom stereocenters. The van der Waals surface area contributed by atoms with Crippen LogP contribution >= 0.6 is 0 Å². The van der Waals surface area contributed by atoms with Crippen LogP contribution in [0.25, 0.3) is 0 Å². The summed E-state index contributed by atoms with van der Waals surface area (Å²) in [5.74, 6) is 0. The zero-order chi connectivity index (χ0) is 31.3. The summed E-state index contributed by atoms with van der Waals surface area (Å²) in [5, 5.41) is 103. The molecule has 0 unspecified atom stereocenters. The summed E-state index contributed by atoms with van der Waals surface area (Å²) in [4.78, 5) is 0. The lowest BCUT2D eigenvalue weighted by Gasteiger charge is -2.48. The summed E-state index contributed by atoms with van der Waals surface area (Å²) >= 11 is 0. The molecule has 3 saturated heterocycles. The topological polar surface area (TPSA) is 258 Å². The quantitative estimate of drug-likeness (QED) is 0.0980. The van der Waals surface area contributed by atoms with E-state index in [-0.39, 0.29) is 6.61 Å². The van der Waals surface area contributed by atoms with E-state index < -0.39 is 112 Å². The maximum atomic E-state index is 11.1. The van der Waals surface area contributed by atoms with Gasteiger partial charge in [-0.25, -0.2) is 0 Å². The Hall–Kier alpha value is -1.42. The second-order valence-electron chi connectivity index (χ2n) is 10.8. The molecule has 16 nitrogen and oxygen atoms in total. The van der Waals surface area contributed by atoms with E-state index in [1.165, 1.54) is 0 Å². The van der Waals surface area contributed by atoms with Gasteiger partial charge in [-0.15, -0.1) is 0 Å². The molecule has 16 heteroatoms. The van der Waals surface area contributed by atoms with Crippen LogP contribution < -0.4 is 0 Å². The Kier molecular flexibility index (Phi) is 12.6. The Labute approximate surface area is 247 Å². The number of hydrogen-bond acceptors (Lipinski definition) is 16. The molecule has 0 aliphatic carbocycles. The van der Waals surface area contributed by atoms with Gasteiger partial charge in [0.25, 0.3) is 0 Å². The van der Waals surface area contributed by atoms with E-state index in [0.29, 0.717) is 12.8 Å². The van der Waals surface area contributed by atoms with Crippen molar-refractivity contribution in [3.63, 3.8) is 0 Å². The molecule has 10 N–H and O–H groups in total. The van der Waals surface area contributed by atoms with E-state index in [0.717, 1.165) is 5.56 Å². The smallest absolute Gasteiger partial charge is 0.187 e. The highest BCUT2D eigenvalue weighted by atomic mass is 16.8. The van der Waals surface area contributed by atoms with Crippen molar-refractivity contribution in [2.75, 3.05) is 26.4 Å². The predicted octanol–water partition coefficient (Wildman–Crippen LogP) is -4.92. The third-order valence-electron chi connectivity index (χ3n) is 7.81. The van der Waals surface area contributed by atoms with Crippen LogP contribution in [0.3, 0.4) is 0 Å². The van der Waals surface area contributed by atoms with E-state index in [9.17, 15) is 51.1 Å². The first-order chi connectivity index (χ1) is 20.6. The fourth-order valence-electron chi connectivity index (χ4n) is 5.29. The van der Waals surface area contributed by atoms with Crippen LogP contribution in [-0.2, 0) is 34.8 Å². The Morgan fingerprint density at radius 2 is 1.00 bits per heavy atom. The van der Waals surface area contributed by atoms with Gasteiger partial charge in [-0.05, 0) is 18.4 Å². The van der Waals surface area contributed by atoms with Crippen LogP contribution in [0.2, 0.25) is 0 Å². The van der Waals surface area contributed by atoms with Gasteiger partial charge in [0.05, 0.1) is 26.4 Å². The summed E-state index contributed by atoms with van der Waals surface area (Å²) in [6.07, 6.45) is -23.2. The van der Waals surface area contributed by atoms with Gasteiger partial charge in [-0.2, -0.15) is 0 Å². The number of benzene rings is 1. The highest BCUT2D eigenvalue weighted by Gasteiger charge is 2.53. The maximum Gasteiger partial charge on any atom is 0.187 e.